The Morgan fingerprint density at radius 2 is 1.09 bits per heavy atom. The number of hydrogen-bond donors (Lipinski definition) is 0. The van der Waals surface area contributed by atoms with Crippen LogP contribution in [0.1, 0.15) is 33.4 Å². The molecule has 0 atom stereocenters. The van der Waals surface area contributed by atoms with Gasteiger partial charge in [0, 0.05) is 0 Å². The highest BCUT2D eigenvalue weighted by atomic mass is 16.1. The van der Waals surface area contributed by atoms with Gasteiger partial charge in [0.25, 0.3) is 0 Å². The Labute approximate surface area is 135 Å². The standard InChI is InChI=1S/C19H18N2O2/c1-12-14(3)18(20-10-22)7-5-16(12)9-17-6-8-19(21-11-23)15(4)13(17)2/h5-8H,9H2,1-4H3. The molecule has 0 aliphatic heterocycles. The van der Waals surface area contributed by atoms with Crippen LogP contribution in [-0.4, -0.2) is 12.2 Å². The molecule has 0 fully saturated rings. The minimum atomic E-state index is 0.657. The minimum absolute atomic E-state index is 0.657. The maximum absolute atomic E-state index is 10.5. The molecule has 2 rings (SSSR count). The molecular weight excluding hydrogens is 288 g/mol. The van der Waals surface area contributed by atoms with E-state index < -0.39 is 0 Å². The van der Waals surface area contributed by atoms with Crippen molar-refractivity contribution in [1.29, 1.82) is 0 Å². The third kappa shape index (κ3) is 3.35. The number of nitrogens with zero attached hydrogens (tertiary/aromatic N) is 2. The molecule has 2 aromatic carbocycles. The van der Waals surface area contributed by atoms with Crippen molar-refractivity contribution in [3.8, 4) is 0 Å². The van der Waals surface area contributed by atoms with E-state index in [1.54, 1.807) is 12.2 Å². The highest BCUT2D eigenvalue weighted by Crippen LogP contribution is 2.29. The summed E-state index contributed by atoms with van der Waals surface area (Å²) in [6, 6.07) is 7.67. The Morgan fingerprint density at radius 3 is 1.43 bits per heavy atom. The summed E-state index contributed by atoms with van der Waals surface area (Å²) in [7, 11) is 0. The fraction of sp³-hybridized carbons (Fsp3) is 0.263. The first-order valence-corrected chi connectivity index (χ1v) is 7.33. The summed E-state index contributed by atoms with van der Waals surface area (Å²) in [5.74, 6) is 0. The van der Waals surface area contributed by atoms with Gasteiger partial charge in [-0.1, -0.05) is 12.1 Å². The van der Waals surface area contributed by atoms with Gasteiger partial charge in [0.05, 0.1) is 11.4 Å². The summed E-state index contributed by atoms with van der Waals surface area (Å²) in [5, 5.41) is 0. The van der Waals surface area contributed by atoms with Crippen molar-refractivity contribution in [3.05, 3.63) is 57.6 Å². The Morgan fingerprint density at radius 1 is 0.696 bits per heavy atom. The molecule has 0 saturated heterocycles. The first-order valence-electron chi connectivity index (χ1n) is 7.33. The fourth-order valence-electron chi connectivity index (χ4n) is 2.65. The summed E-state index contributed by atoms with van der Waals surface area (Å²) < 4.78 is 0. The van der Waals surface area contributed by atoms with Gasteiger partial charge < -0.3 is 0 Å². The van der Waals surface area contributed by atoms with Gasteiger partial charge in [-0.2, -0.15) is 9.98 Å². The van der Waals surface area contributed by atoms with Crippen molar-refractivity contribution in [2.45, 2.75) is 34.1 Å². The number of carbonyl (C=O) groups excluding carboxylic acids is 2. The molecule has 0 radical (unpaired) electrons. The number of isocyanates is 2. The van der Waals surface area contributed by atoms with Crippen molar-refractivity contribution >= 4 is 23.5 Å². The van der Waals surface area contributed by atoms with Crippen molar-refractivity contribution in [3.63, 3.8) is 0 Å². The average molecular weight is 306 g/mol. The van der Waals surface area contributed by atoms with Crippen LogP contribution in [0.3, 0.4) is 0 Å². The molecular formula is C19H18N2O2. The summed E-state index contributed by atoms with van der Waals surface area (Å²) in [5.41, 5.74) is 7.89. The zero-order valence-corrected chi connectivity index (χ0v) is 13.7. The highest BCUT2D eigenvalue weighted by molar-refractivity contribution is 5.60. The number of benzene rings is 2. The third-order valence-electron chi connectivity index (χ3n) is 4.45. The van der Waals surface area contributed by atoms with Crippen LogP contribution in [0.4, 0.5) is 11.4 Å². The summed E-state index contributed by atoms with van der Waals surface area (Å²) in [4.78, 5) is 28.4. The topological polar surface area (TPSA) is 58.9 Å². The van der Waals surface area contributed by atoms with E-state index in [1.807, 2.05) is 52.0 Å². The van der Waals surface area contributed by atoms with E-state index in [1.165, 1.54) is 11.1 Å². The summed E-state index contributed by atoms with van der Waals surface area (Å²) >= 11 is 0. The smallest absolute Gasteiger partial charge is 0.211 e. The van der Waals surface area contributed by atoms with E-state index in [-0.39, 0.29) is 0 Å². The monoisotopic (exact) mass is 306 g/mol. The quantitative estimate of drug-likeness (QED) is 0.619. The first-order chi connectivity index (χ1) is 11.0. The molecule has 4 heteroatoms. The molecule has 23 heavy (non-hydrogen) atoms. The summed E-state index contributed by atoms with van der Waals surface area (Å²) in [6.07, 6.45) is 3.95. The maximum atomic E-state index is 10.5. The molecule has 0 aromatic heterocycles. The maximum Gasteiger partial charge on any atom is 0.240 e. The Hall–Kier alpha value is -2.80. The van der Waals surface area contributed by atoms with Crippen LogP contribution < -0.4 is 0 Å². The van der Waals surface area contributed by atoms with Gasteiger partial charge in [-0.3, -0.25) is 0 Å². The second-order valence-electron chi connectivity index (χ2n) is 5.57. The second kappa shape index (κ2) is 6.97. The predicted octanol–water partition coefficient (Wildman–Crippen LogP) is 4.45. The molecule has 116 valence electrons. The van der Waals surface area contributed by atoms with Crippen LogP contribution in [0.15, 0.2) is 34.3 Å². The van der Waals surface area contributed by atoms with Crippen molar-refractivity contribution in [1.82, 2.24) is 0 Å². The van der Waals surface area contributed by atoms with E-state index in [0.717, 1.165) is 28.7 Å². The lowest BCUT2D eigenvalue weighted by atomic mass is 9.92. The molecule has 0 unspecified atom stereocenters. The fourth-order valence-corrected chi connectivity index (χ4v) is 2.65. The van der Waals surface area contributed by atoms with Crippen molar-refractivity contribution in [2.75, 3.05) is 0 Å². The van der Waals surface area contributed by atoms with Crippen molar-refractivity contribution in [2.24, 2.45) is 9.98 Å². The molecule has 0 heterocycles. The molecule has 0 amide bonds. The number of aliphatic imine (C=N–C) groups is 2. The van der Waals surface area contributed by atoms with Crippen molar-refractivity contribution < 1.29 is 9.59 Å². The predicted molar refractivity (Wildman–Crippen MR) is 90.2 cm³/mol. The highest BCUT2D eigenvalue weighted by Gasteiger charge is 2.10. The van der Waals surface area contributed by atoms with Crippen LogP contribution >= 0.6 is 0 Å². The number of rotatable bonds is 4. The van der Waals surface area contributed by atoms with Gasteiger partial charge in [-0.15, -0.1) is 0 Å². The molecule has 0 N–H and O–H groups in total. The van der Waals surface area contributed by atoms with Crippen LogP contribution in [0.2, 0.25) is 0 Å². The first kappa shape index (κ1) is 16.6. The molecule has 0 bridgehead atoms. The normalized spacial score (nSPS) is 9.91. The van der Waals surface area contributed by atoms with Gasteiger partial charge in [-0.25, -0.2) is 9.59 Å². The molecule has 4 nitrogen and oxygen atoms in total. The Kier molecular flexibility index (Phi) is 5.02. The van der Waals surface area contributed by atoms with Crippen LogP contribution in [0.25, 0.3) is 0 Å². The van der Waals surface area contributed by atoms with E-state index in [4.69, 9.17) is 0 Å². The molecule has 0 saturated carbocycles. The summed E-state index contributed by atoms with van der Waals surface area (Å²) in [6.45, 7) is 7.97. The zero-order chi connectivity index (χ0) is 17.0. The van der Waals surface area contributed by atoms with E-state index in [0.29, 0.717) is 11.4 Å². The molecule has 0 aliphatic carbocycles. The van der Waals surface area contributed by atoms with E-state index >= 15 is 0 Å². The SMILES string of the molecule is Cc1c(Cc2ccc(N=C=O)c(C)c2C)ccc(N=C=O)c1C. The molecule has 0 aliphatic rings. The lowest BCUT2D eigenvalue weighted by Gasteiger charge is -2.14. The van der Waals surface area contributed by atoms with Crippen LogP contribution in [0.5, 0.6) is 0 Å². The van der Waals surface area contributed by atoms with Gasteiger partial charge >= 0.3 is 0 Å². The van der Waals surface area contributed by atoms with Gasteiger partial charge in [0.2, 0.25) is 12.2 Å². The second-order valence-corrected chi connectivity index (χ2v) is 5.57. The Balaban J connectivity index is 2.44. The van der Waals surface area contributed by atoms with Crippen LogP contribution in [-0.2, 0) is 16.0 Å². The van der Waals surface area contributed by atoms with Crippen LogP contribution in [0, 0.1) is 27.7 Å². The lowest BCUT2D eigenvalue weighted by Crippen LogP contribution is -1.98. The van der Waals surface area contributed by atoms with Gasteiger partial charge in [0.1, 0.15) is 0 Å². The van der Waals surface area contributed by atoms with E-state index in [9.17, 15) is 9.59 Å². The van der Waals surface area contributed by atoms with Gasteiger partial charge in [0.15, 0.2) is 0 Å². The lowest BCUT2D eigenvalue weighted by molar-refractivity contribution is 0.564. The zero-order valence-electron chi connectivity index (χ0n) is 13.7. The molecule has 2 aromatic rings. The third-order valence-corrected chi connectivity index (χ3v) is 4.45. The average Bonchev–Trinajstić information content (AvgIpc) is 2.54. The number of hydrogen-bond acceptors (Lipinski definition) is 4. The van der Waals surface area contributed by atoms with E-state index in [2.05, 4.69) is 9.98 Å². The molecule has 0 spiro atoms. The van der Waals surface area contributed by atoms with Gasteiger partial charge in [-0.05, 0) is 79.6 Å². The largest absolute Gasteiger partial charge is 0.240 e. The minimum Gasteiger partial charge on any atom is -0.211 e. The Bertz CT molecular complexity index is 785.